The minimum absolute atomic E-state index is 0.0234. The lowest BCUT2D eigenvalue weighted by Crippen LogP contribution is -2.31. The van der Waals surface area contributed by atoms with Gasteiger partial charge in [-0.05, 0) is 16.6 Å². The molecule has 90 valence electrons. The zero-order valence-corrected chi connectivity index (χ0v) is 9.09. The summed E-state index contributed by atoms with van der Waals surface area (Å²) >= 11 is 0. The van der Waals surface area contributed by atoms with Gasteiger partial charge in [-0.25, -0.2) is 0 Å². The lowest BCUT2D eigenvalue weighted by Gasteiger charge is -2.09. The van der Waals surface area contributed by atoms with E-state index in [0.717, 1.165) is 0 Å². The molecule has 0 heterocycles. The summed E-state index contributed by atoms with van der Waals surface area (Å²) in [7, 11) is -1.63. The van der Waals surface area contributed by atoms with Crippen molar-refractivity contribution in [1.82, 2.24) is 0 Å². The van der Waals surface area contributed by atoms with Crippen molar-refractivity contribution < 1.29 is 19.6 Å². The van der Waals surface area contributed by atoms with E-state index in [1.54, 1.807) is 0 Å². The molecule has 0 fully saturated rings. The number of hydrogen-bond donors (Lipinski definition) is 4. The van der Waals surface area contributed by atoms with E-state index in [2.05, 4.69) is 0 Å². The molecule has 0 aliphatic heterocycles. The number of benzene rings is 1. The van der Waals surface area contributed by atoms with Gasteiger partial charge < -0.3 is 21.5 Å². The Morgan fingerprint density at radius 1 is 1.06 bits per heavy atom. The molecular weight excluding hydrogens is 223 g/mol. The zero-order chi connectivity index (χ0) is 13.0. The van der Waals surface area contributed by atoms with Gasteiger partial charge in [-0.15, -0.1) is 0 Å². The second kappa shape index (κ2) is 5.47. The van der Waals surface area contributed by atoms with Crippen LogP contribution in [0, 0.1) is 0 Å². The maximum absolute atomic E-state index is 10.9. The van der Waals surface area contributed by atoms with Gasteiger partial charge in [-0.2, -0.15) is 0 Å². The maximum atomic E-state index is 10.9. The Bertz CT molecular complexity index is 448. The highest BCUT2D eigenvalue weighted by molar-refractivity contribution is 6.58. The highest BCUT2D eigenvalue weighted by Crippen LogP contribution is 2.09. The van der Waals surface area contributed by atoms with Crippen LogP contribution < -0.4 is 16.9 Å². The van der Waals surface area contributed by atoms with Crippen molar-refractivity contribution in [2.24, 2.45) is 11.5 Å². The number of rotatable bonds is 5. The minimum Gasteiger partial charge on any atom is -0.423 e. The quantitative estimate of drug-likeness (QED) is 0.419. The van der Waals surface area contributed by atoms with Gasteiger partial charge in [0.05, 0.1) is 12.8 Å². The van der Waals surface area contributed by atoms with E-state index < -0.39 is 18.9 Å². The van der Waals surface area contributed by atoms with Gasteiger partial charge in [-0.1, -0.05) is 18.2 Å². The monoisotopic (exact) mass is 236 g/mol. The first-order valence-electron chi connectivity index (χ1n) is 4.94. The molecule has 17 heavy (non-hydrogen) atoms. The lowest BCUT2D eigenvalue weighted by atomic mass is 9.78. The first-order chi connectivity index (χ1) is 7.90. The highest BCUT2D eigenvalue weighted by Gasteiger charge is 2.15. The van der Waals surface area contributed by atoms with Crippen LogP contribution in [-0.2, 0) is 22.4 Å². The van der Waals surface area contributed by atoms with E-state index in [4.69, 9.17) is 21.5 Å². The molecule has 0 radical (unpaired) electrons. The molecule has 0 aliphatic rings. The molecule has 0 saturated heterocycles. The number of primary amides is 2. The summed E-state index contributed by atoms with van der Waals surface area (Å²) < 4.78 is 0. The van der Waals surface area contributed by atoms with Gasteiger partial charge in [0, 0.05) is 0 Å². The third-order valence-corrected chi connectivity index (χ3v) is 2.26. The molecule has 2 amide bonds. The van der Waals surface area contributed by atoms with Crippen molar-refractivity contribution in [1.29, 1.82) is 0 Å². The third kappa shape index (κ3) is 3.89. The molecule has 6 nitrogen and oxygen atoms in total. The van der Waals surface area contributed by atoms with Crippen molar-refractivity contribution >= 4 is 24.4 Å². The molecule has 0 aromatic heterocycles. The fourth-order valence-electron chi connectivity index (χ4n) is 1.52. The summed E-state index contributed by atoms with van der Waals surface area (Å²) in [6.07, 6.45) is -0.104. The average molecular weight is 236 g/mol. The second-order valence-corrected chi connectivity index (χ2v) is 3.69. The van der Waals surface area contributed by atoms with Gasteiger partial charge >= 0.3 is 7.12 Å². The smallest absolute Gasteiger partial charge is 0.423 e. The molecule has 1 aromatic carbocycles. The SMILES string of the molecule is NC(=O)Cc1ccc(B(O)O)cc1CC(N)=O. The zero-order valence-electron chi connectivity index (χ0n) is 9.09. The predicted octanol–water partition coefficient (Wildman–Crippen LogP) is -2.58. The van der Waals surface area contributed by atoms with Gasteiger partial charge in [0.2, 0.25) is 11.8 Å². The van der Waals surface area contributed by atoms with Gasteiger partial charge in [-0.3, -0.25) is 9.59 Å². The van der Waals surface area contributed by atoms with Crippen LogP contribution in [0.4, 0.5) is 0 Å². The number of carbonyl (C=O) groups is 2. The predicted molar refractivity (Wildman–Crippen MR) is 62.1 cm³/mol. The van der Waals surface area contributed by atoms with Crippen LogP contribution in [0.1, 0.15) is 11.1 Å². The van der Waals surface area contributed by atoms with E-state index in [1.807, 2.05) is 0 Å². The second-order valence-electron chi connectivity index (χ2n) is 3.69. The van der Waals surface area contributed by atoms with Crippen LogP contribution >= 0.6 is 0 Å². The molecule has 7 heteroatoms. The molecule has 0 spiro atoms. The first-order valence-corrected chi connectivity index (χ1v) is 4.94. The summed E-state index contributed by atoms with van der Waals surface area (Å²) in [5.74, 6) is -1.10. The number of carbonyl (C=O) groups excluding carboxylic acids is 2. The van der Waals surface area contributed by atoms with E-state index in [9.17, 15) is 9.59 Å². The Hall–Kier alpha value is -1.86. The molecule has 0 unspecified atom stereocenters. The molecule has 1 aromatic rings. The van der Waals surface area contributed by atoms with Gasteiger partial charge in [0.1, 0.15) is 0 Å². The van der Waals surface area contributed by atoms with E-state index >= 15 is 0 Å². The van der Waals surface area contributed by atoms with Crippen molar-refractivity contribution in [3.8, 4) is 0 Å². The lowest BCUT2D eigenvalue weighted by molar-refractivity contribution is -0.118. The largest absolute Gasteiger partial charge is 0.488 e. The average Bonchev–Trinajstić information content (AvgIpc) is 2.18. The Morgan fingerprint density at radius 2 is 1.59 bits per heavy atom. The summed E-state index contributed by atoms with van der Waals surface area (Å²) in [6.45, 7) is 0. The van der Waals surface area contributed by atoms with Crippen LogP contribution in [0.2, 0.25) is 0 Å². The van der Waals surface area contributed by atoms with E-state index in [1.165, 1.54) is 18.2 Å². The fraction of sp³-hybridized carbons (Fsp3) is 0.200. The van der Waals surface area contributed by atoms with Crippen LogP contribution in [0.3, 0.4) is 0 Å². The summed E-state index contributed by atoms with van der Waals surface area (Å²) in [5, 5.41) is 18.0. The Balaban J connectivity index is 3.11. The Morgan fingerprint density at radius 3 is 2.06 bits per heavy atom. The molecule has 1 rings (SSSR count). The van der Waals surface area contributed by atoms with Crippen LogP contribution in [0.25, 0.3) is 0 Å². The van der Waals surface area contributed by atoms with Gasteiger partial charge in [0.25, 0.3) is 0 Å². The first kappa shape index (κ1) is 13.2. The Labute approximate surface area is 98.4 Å². The summed E-state index contributed by atoms with van der Waals surface area (Å²) in [4.78, 5) is 21.7. The third-order valence-electron chi connectivity index (χ3n) is 2.26. The molecule has 0 atom stereocenters. The fourth-order valence-corrected chi connectivity index (χ4v) is 1.52. The minimum atomic E-state index is -1.63. The van der Waals surface area contributed by atoms with Crippen LogP contribution in [0.15, 0.2) is 18.2 Å². The Kier molecular flexibility index (Phi) is 4.25. The van der Waals surface area contributed by atoms with E-state index in [-0.39, 0.29) is 18.3 Å². The molecule has 0 bridgehead atoms. The summed E-state index contributed by atoms with van der Waals surface area (Å²) in [6, 6.07) is 4.40. The molecule has 0 saturated carbocycles. The summed E-state index contributed by atoms with van der Waals surface area (Å²) in [5.41, 5.74) is 11.4. The van der Waals surface area contributed by atoms with Crippen molar-refractivity contribution in [2.75, 3.05) is 0 Å². The highest BCUT2D eigenvalue weighted by atomic mass is 16.4. The molecule has 0 aliphatic carbocycles. The number of hydrogen-bond acceptors (Lipinski definition) is 4. The maximum Gasteiger partial charge on any atom is 0.488 e. The van der Waals surface area contributed by atoms with Crippen LogP contribution in [0.5, 0.6) is 0 Å². The standard InChI is InChI=1S/C10H13BN2O4/c12-9(14)4-6-1-2-8(11(16)17)3-7(6)5-10(13)15/h1-3,16-17H,4-5H2,(H2,12,14)(H2,13,15). The van der Waals surface area contributed by atoms with Crippen LogP contribution in [-0.4, -0.2) is 29.0 Å². The van der Waals surface area contributed by atoms with Crippen molar-refractivity contribution in [3.63, 3.8) is 0 Å². The van der Waals surface area contributed by atoms with Gasteiger partial charge in [0.15, 0.2) is 0 Å². The number of nitrogens with two attached hydrogens (primary N) is 2. The van der Waals surface area contributed by atoms with Crippen molar-refractivity contribution in [3.05, 3.63) is 29.3 Å². The van der Waals surface area contributed by atoms with Crippen molar-refractivity contribution in [2.45, 2.75) is 12.8 Å². The topological polar surface area (TPSA) is 127 Å². The molecular formula is C10H13BN2O4. The van der Waals surface area contributed by atoms with E-state index in [0.29, 0.717) is 11.1 Å². The molecule has 6 N–H and O–H groups in total. The normalized spacial score (nSPS) is 10.0. The number of amides is 2.